The zero-order valence-electron chi connectivity index (χ0n) is 9.37. The molecule has 0 aromatic carbocycles. The molecule has 0 saturated heterocycles. The zero-order valence-corrected chi connectivity index (χ0v) is 9.37. The Labute approximate surface area is 103 Å². The first kappa shape index (κ1) is 10.6. The highest BCUT2D eigenvalue weighted by molar-refractivity contribution is 6.53. The number of hydrogen-bond acceptors (Lipinski definition) is 4. The molecule has 0 aromatic rings. The molecule has 18 heavy (non-hydrogen) atoms. The van der Waals surface area contributed by atoms with E-state index in [4.69, 9.17) is 5.11 Å². The van der Waals surface area contributed by atoms with E-state index in [1.54, 1.807) is 36.8 Å². The minimum Gasteiger partial charge on any atom is -0.476 e. The second-order valence-electron chi connectivity index (χ2n) is 3.95. The fourth-order valence-corrected chi connectivity index (χ4v) is 1.98. The summed E-state index contributed by atoms with van der Waals surface area (Å²) in [6.45, 7) is 0. The molecule has 0 unspecified atom stereocenters. The Hall–Kier alpha value is -2.56. The van der Waals surface area contributed by atoms with Crippen LogP contribution in [-0.4, -0.2) is 28.2 Å². The monoisotopic (exact) mass is 239 g/mol. The van der Waals surface area contributed by atoms with Gasteiger partial charge >= 0.3 is 5.97 Å². The second-order valence-corrected chi connectivity index (χ2v) is 3.95. The van der Waals surface area contributed by atoms with Gasteiger partial charge in [-0.15, -0.1) is 0 Å². The minimum absolute atomic E-state index is 0.0772. The lowest BCUT2D eigenvalue weighted by molar-refractivity contribution is -0.129. The Balaban J connectivity index is 2.08. The zero-order chi connectivity index (χ0) is 12.5. The highest BCUT2D eigenvalue weighted by atomic mass is 16.4. The number of carboxylic acids is 1. The molecule has 0 spiro atoms. The number of carbonyl (C=O) groups is 1. The van der Waals surface area contributed by atoms with Crippen molar-refractivity contribution < 1.29 is 9.90 Å². The molecule has 0 saturated carbocycles. The molecule has 2 aliphatic heterocycles. The largest absolute Gasteiger partial charge is 0.476 e. The molecule has 2 heterocycles. The number of hydrogen-bond donors (Lipinski definition) is 1. The third-order valence-corrected chi connectivity index (χ3v) is 2.81. The summed E-state index contributed by atoms with van der Waals surface area (Å²) in [6.07, 6.45) is 10.8. The van der Waals surface area contributed by atoms with Crippen molar-refractivity contribution in [1.29, 1.82) is 0 Å². The van der Waals surface area contributed by atoms with Crippen molar-refractivity contribution in [2.45, 2.75) is 6.42 Å². The molecule has 0 radical (unpaired) electrons. The lowest BCUT2D eigenvalue weighted by atomic mass is 9.90. The molecule has 5 nitrogen and oxygen atoms in total. The van der Waals surface area contributed by atoms with Crippen molar-refractivity contribution in [3.8, 4) is 0 Å². The third-order valence-electron chi connectivity index (χ3n) is 2.81. The van der Waals surface area contributed by atoms with E-state index in [1.807, 2.05) is 0 Å². The van der Waals surface area contributed by atoms with Gasteiger partial charge < -0.3 is 5.11 Å². The number of carboxylic acid groups (broad SMARTS) is 1. The molecule has 0 aromatic heterocycles. The van der Waals surface area contributed by atoms with Gasteiger partial charge in [-0.05, 0) is 23.8 Å². The van der Waals surface area contributed by atoms with Crippen molar-refractivity contribution in [1.82, 2.24) is 0 Å². The minimum atomic E-state index is -1.02. The fraction of sp³-hybridized carbons (Fsp3) is 0.0769. The Morgan fingerprint density at radius 3 is 2.72 bits per heavy atom. The van der Waals surface area contributed by atoms with E-state index in [1.165, 1.54) is 0 Å². The summed E-state index contributed by atoms with van der Waals surface area (Å²) in [5.41, 5.74) is 3.11. The summed E-state index contributed by atoms with van der Waals surface area (Å²) < 4.78 is 0. The highest BCUT2D eigenvalue weighted by Gasteiger charge is 2.29. The van der Waals surface area contributed by atoms with Gasteiger partial charge in [0.25, 0.3) is 0 Å². The topological polar surface area (TPSA) is 74.4 Å². The van der Waals surface area contributed by atoms with E-state index in [0.717, 1.165) is 11.3 Å². The Morgan fingerprint density at radius 2 is 1.94 bits per heavy atom. The number of fused-ring (bicyclic) bond motifs is 2. The third kappa shape index (κ3) is 1.66. The van der Waals surface area contributed by atoms with Crippen molar-refractivity contribution in [3.05, 3.63) is 48.0 Å². The van der Waals surface area contributed by atoms with Gasteiger partial charge in [0, 0.05) is 30.6 Å². The number of rotatable bonds is 1. The van der Waals surface area contributed by atoms with E-state index >= 15 is 0 Å². The van der Waals surface area contributed by atoms with Gasteiger partial charge in [0.2, 0.25) is 0 Å². The van der Waals surface area contributed by atoms with E-state index in [2.05, 4.69) is 15.0 Å². The van der Waals surface area contributed by atoms with Gasteiger partial charge in [-0.25, -0.2) is 9.79 Å². The number of aliphatic imine (C=N–C) groups is 3. The molecular formula is C13H9N3O2. The first-order valence-corrected chi connectivity index (χ1v) is 5.45. The Bertz CT molecular complexity index is 643. The average molecular weight is 239 g/mol. The van der Waals surface area contributed by atoms with E-state index in [0.29, 0.717) is 17.7 Å². The SMILES string of the molecule is O=C(O)C1=NC=C2CC3=N/C=C\C=C/N=C3C=C21. The number of nitrogens with zero attached hydrogens (tertiary/aromatic N) is 3. The van der Waals surface area contributed by atoms with Crippen LogP contribution in [-0.2, 0) is 4.79 Å². The molecule has 3 rings (SSSR count). The van der Waals surface area contributed by atoms with Crippen LogP contribution < -0.4 is 0 Å². The first-order valence-electron chi connectivity index (χ1n) is 5.45. The standard InChI is InChI=1S/C13H9N3O2/c17-13(18)12-9-6-11-10(5-8(9)7-16-12)14-3-1-2-4-15-11/h1-4,6-7H,5H2,(H,17,18)/b2-1?,3-1-,4-2-,14-3?,14-10?,15-4?,15-11?. The van der Waals surface area contributed by atoms with E-state index in [9.17, 15) is 4.79 Å². The van der Waals surface area contributed by atoms with Crippen LogP contribution in [0.1, 0.15) is 6.42 Å². The van der Waals surface area contributed by atoms with Crippen molar-refractivity contribution in [2.24, 2.45) is 15.0 Å². The molecule has 3 aliphatic rings. The van der Waals surface area contributed by atoms with Crippen molar-refractivity contribution >= 4 is 23.1 Å². The molecule has 88 valence electrons. The summed E-state index contributed by atoms with van der Waals surface area (Å²) in [6, 6.07) is 0. The summed E-state index contributed by atoms with van der Waals surface area (Å²) in [5, 5.41) is 9.05. The van der Waals surface area contributed by atoms with Crippen LogP contribution in [0.2, 0.25) is 0 Å². The fourth-order valence-electron chi connectivity index (χ4n) is 1.98. The molecular weight excluding hydrogens is 230 g/mol. The molecule has 1 aliphatic carbocycles. The van der Waals surface area contributed by atoms with Gasteiger partial charge in [-0.3, -0.25) is 9.98 Å². The van der Waals surface area contributed by atoms with Crippen LogP contribution in [0.4, 0.5) is 0 Å². The van der Waals surface area contributed by atoms with Crippen LogP contribution in [0, 0.1) is 0 Å². The number of aliphatic carboxylic acids is 1. The molecule has 1 N–H and O–H groups in total. The van der Waals surface area contributed by atoms with E-state index < -0.39 is 5.97 Å². The first-order chi connectivity index (χ1) is 8.75. The van der Waals surface area contributed by atoms with Gasteiger partial charge in [0.05, 0.1) is 11.4 Å². The van der Waals surface area contributed by atoms with Crippen LogP contribution in [0.25, 0.3) is 0 Å². The van der Waals surface area contributed by atoms with Crippen molar-refractivity contribution in [3.63, 3.8) is 0 Å². The van der Waals surface area contributed by atoms with Gasteiger partial charge in [-0.2, -0.15) is 0 Å². The van der Waals surface area contributed by atoms with Gasteiger partial charge in [-0.1, -0.05) is 0 Å². The maximum atomic E-state index is 11.0. The lowest BCUT2D eigenvalue weighted by Crippen LogP contribution is -2.23. The summed E-state index contributed by atoms with van der Waals surface area (Å²) in [7, 11) is 0. The molecule has 0 fully saturated rings. The van der Waals surface area contributed by atoms with Gasteiger partial charge in [0.15, 0.2) is 5.71 Å². The summed E-state index contributed by atoms with van der Waals surface area (Å²) >= 11 is 0. The van der Waals surface area contributed by atoms with Crippen molar-refractivity contribution in [2.75, 3.05) is 0 Å². The van der Waals surface area contributed by atoms with Crippen LogP contribution in [0.3, 0.4) is 0 Å². The van der Waals surface area contributed by atoms with Crippen LogP contribution in [0.15, 0.2) is 63.0 Å². The summed E-state index contributed by atoms with van der Waals surface area (Å²) in [5.74, 6) is -1.02. The lowest BCUT2D eigenvalue weighted by Gasteiger charge is -2.16. The molecule has 0 amide bonds. The molecule has 0 atom stereocenters. The predicted molar refractivity (Wildman–Crippen MR) is 69.0 cm³/mol. The highest BCUT2D eigenvalue weighted by Crippen LogP contribution is 2.28. The van der Waals surface area contributed by atoms with Crippen LogP contribution in [0.5, 0.6) is 0 Å². The summed E-state index contributed by atoms with van der Waals surface area (Å²) in [4.78, 5) is 23.5. The molecule has 0 bridgehead atoms. The predicted octanol–water partition coefficient (Wildman–Crippen LogP) is 1.66. The van der Waals surface area contributed by atoms with Gasteiger partial charge in [0.1, 0.15) is 0 Å². The second kappa shape index (κ2) is 4.03. The number of allylic oxidation sites excluding steroid dienone is 4. The Kier molecular flexibility index (Phi) is 2.37. The molecule has 5 heteroatoms. The normalized spacial score (nSPS) is 24.1. The maximum absolute atomic E-state index is 11.0. The van der Waals surface area contributed by atoms with Crippen LogP contribution >= 0.6 is 0 Å². The maximum Gasteiger partial charge on any atom is 0.355 e. The quantitative estimate of drug-likeness (QED) is 0.755. The average Bonchev–Trinajstić information content (AvgIpc) is 2.71. The Morgan fingerprint density at radius 1 is 1.17 bits per heavy atom. The smallest absolute Gasteiger partial charge is 0.355 e. The van der Waals surface area contributed by atoms with E-state index in [-0.39, 0.29) is 5.71 Å².